The fourth-order valence-electron chi connectivity index (χ4n) is 1.92. The molecule has 0 aromatic carbocycles. The van der Waals surface area contributed by atoms with Crippen molar-refractivity contribution in [2.45, 2.75) is 45.3 Å². The molecular formula is C11H20O4. The molecule has 0 unspecified atom stereocenters. The van der Waals surface area contributed by atoms with Crippen molar-refractivity contribution in [1.29, 1.82) is 0 Å². The van der Waals surface area contributed by atoms with E-state index in [2.05, 4.69) is 6.92 Å². The van der Waals surface area contributed by atoms with E-state index in [9.17, 15) is 4.79 Å². The standard InChI is InChI=1S/C11H20O4/c1-3-14-11(13)5-4-9-6-8(2)10(7-12)15-9/h8-10,12H,3-7H2,1-2H3/t8-,9-,10+/m1/s1. The van der Waals surface area contributed by atoms with Crippen LogP contribution in [0.25, 0.3) is 0 Å². The van der Waals surface area contributed by atoms with E-state index in [0.717, 1.165) is 6.42 Å². The van der Waals surface area contributed by atoms with Gasteiger partial charge in [-0.1, -0.05) is 6.92 Å². The quantitative estimate of drug-likeness (QED) is 0.700. The van der Waals surface area contributed by atoms with E-state index in [1.54, 1.807) is 6.92 Å². The van der Waals surface area contributed by atoms with Crippen LogP contribution in [0.15, 0.2) is 0 Å². The van der Waals surface area contributed by atoms with Gasteiger partial charge in [0, 0.05) is 6.42 Å². The summed E-state index contributed by atoms with van der Waals surface area (Å²) in [5.41, 5.74) is 0. The highest BCUT2D eigenvalue weighted by Gasteiger charge is 2.31. The van der Waals surface area contributed by atoms with Crippen LogP contribution in [0.4, 0.5) is 0 Å². The van der Waals surface area contributed by atoms with Crippen LogP contribution >= 0.6 is 0 Å². The van der Waals surface area contributed by atoms with Gasteiger partial charge in [0.25, 0.3) is 0 Å². The van der Waals surface area contributed by atoms with Crippen LogP contribution in [0.5, 0.6) is 0 Å². The van der Waals surface area contributed by atoms with Gasteiger partial charge in [0.15, 0.2) is 0 Å². The van der Waals surface area contributed by atoms with Gasteiger partial charge >= 0.3 is 5.97 Å². The molecule has 88 valence electrons. The molecular weight excluding hydrogens is 196 g/mol. The number of carbonyl (C=O) groups excluding carboxylic acids is 1. The maximum absolute atomic E-state index is 11.1. The number of carbonyl (C=O) groups is 1. The second-order valence-corrected chi connectivity index (χ2v) is 4.04. The van der Waals surface area contributed by atoms with Gasteiger partial charge in [-0.25, -0.2) is 0 Å². The number of aliphatic hydroxyl groups excluding tert-OH is 1. The molecule has 0 saturated carbocycles. The molecule has 4 heteroatoms. The second kappa shape index (κ2) is 6.08. The Morgan fingerprint density at radius 1 is 1.60 bits per heavy atom. The second-order valence-electron chi connectivity index (χ2n) is 4.04. The molecule has 1 aliphatic heterocycles. The monoisotopic (exact) mass is 216 g/mol. The van der Waals surface area contributed by atoms with Gasteiger partial charge in [-0.15, -0.1) is 0 Å². The minimum Gasteiger partial charge on any atom is -0.466 e. The molecule has 1 saturated heterocycles. The molecule has 1 fully saturated rings. The van der Waals surface area contributed by atoms with Gasteiger partial charge in [-0.05, 0) is 25.7 Å². The highest BCUT2D eigenvalue weighted by Crippen LogP contribution is 2.28. The molecule has 0 radical (unpaired) electrons. The summed E-state index contributed by atoms with van der Waals surface area (Å²) in [7, 11) is 0. The van der Waals surface area contributed by atoms with Crippen LogP contribution in [-0.4, -0.2) is 36.5 Å². The summed E-state index contributed by atoms with van der Waals surface area (Å²) in [6, 6.07) is 0. The number of aliphatic hydroxyl groups is 1. The summed E-state index contributed by atoms with van der Waals surface area (Å²) in [4.78, 5) is 11.1. The highest BCUT2D eigenvalue weighted by atomic mass is 16.5. The number of ether oxygens (including phenoxy) is 2. The number of rotatable bonds is 5. The minimum absolute atomic E-state index is 0.0582. The van der Waals surface area contributed by atoms with Crippen LogP contribution in [0.2, 0.25) is 0 Å². The molecule has 0 aromatic heterocycles. The molecule has 3 atom stereocenters. The van der Waals surface area contributed by atoms with E-state index in [0.29, 0.717) is 25.4 Å². The zero-order chi connectivity index (χ0) is 11.3. The van der Waals surface area contributed by atoms with Crippen LogP contribution in [-0.2, 0) is 14.3 Å². The first-order chi connectivity index (χ1) is 7.17. The molecule has 0 aliphatic carbocycles. The first-order valence-corrected chi connectivity index (χ1v) is 5.59. The Bertz CT molecular complexity index is 205. The van der Waals surface area contributed by atoms with E-state index in [4.69, 9.17) is 14.6 Å². The summed E-state index contributed by atoms with van der Waals surface area (Å²) < 4.78 is 10.4. The molecule has 1 N–H and O–H groups in total. The Labute approximate surface area is 90.6 Å². The van der Waals surface area contributed by atoms with Gasteiger partial charge in [0.05, 0.1) is 25.4 Å². The Hall–Kier alpha value is -0.610. The summed E-state index contributed by atoms with van der Waals surface area (Å²) in [6.07, 6.45) is 2.06. The predicted octanol–water partition coefficient (Wildman–Crippen LogP) is 1.12. The lowest BCUT2D eigenvalue weighted by Gasteiger charge is -2.12. The number of hydrogen-bond acceptors (Lipinski definition) is 4. The smallest absolute Gasteiger partial charge is 0.305 e. The SMILES string of the molecule is CCOC(=O)CC[C@@H]1C[C@@H](C)[C@H](CO)O1. The van der Waals surface area contributed by atoms with Crippen LogP contribution in [0, 0.1) is 5.92 Å². The molecule has 1 heterocycles. The molecule has 15 heavy (non-hydrogen) atoms. The first kappa shape index (κ1) is 12.5. The fourth-order valence-corrected chi connectivity index (χ4v) is 1.92. The Morgan fingerprint density at radius 2 is 2.33 bits per heavy atom. The minimum atomic E-state index is -0.166. The Kier molecular flexibility index (Phi) is 5.05. The zero-order valence-electron chi connectivity index (χ0n) is 9.44. The van der Waals surface area contributed by atoms with E-state index in [1.807, 2.05) is 0 Å². The summed E-state index contributed by atoms with van der Waals surface area (Å²) >= 11 is 0. The predicted molar refractivity (Wildman–Crippen MR) is 55.4 cm³/mol. The number of esters is 1. The molecule has 1 rings (SSSR count). The maximum Gasteiger partial charge on any atom is 0.305 e. The van der Waals surface area contributed by atoms with Crippen molar-refractivity contribution in [2.75, 3.05) is 13.2 Å². The van der Waals surface area contributed by atoms with Crippen LogP contribution in [0.1, 0.15) is 33.1 Å². The molecule has 0 bridgehead atoms. The maximum atomic E-state index is 11.1. The van der Waals surface area contributed by atoms with Gasteiger partial charge in [0.2, 0.25) is 0 Å². The van der Waals surface area contributed by atoms with Gasteiger partial charge in [-0.3, -0.25) is 4.79 Å². The van der Waals surface area contributed by atoms with Gasteiger partial charge in [-0.2, -0.15) is 0 Å². The lowest BCUT2D eigenvalue weighted by atomic mass is 10.0. The van der Waals surface area contributed by atoms with Crippen molar-refractivity contribution >= 4 is 5.97 Å². The van der Waals surface area contributed by atoms with Crippen molar-refractivity contribution in [3.8, 4) is 0 Å². The average Bonchev–Trinajstić information content (AvgIpc) is 2.56. The first-order valence-electron chi connectivity index (χ1n) is 5.59. The molecule has 0 amide bonds. The Balaban J connectivity index is 2.21. The van der Waals surface area contributed by atoms with E-state index in [-0.39, 0.29) is 24.8 Å². The van der Waals surface area contributed by atoms with Crippen molar-refractivity contribution < 1.29 is 19.4 Å². The third-order valence-electron chi connectivity index (χ3n) is 2.79. The van der Waals surface area contributed by atoms with E-state index >= 15 is 0 Å². The van der Waals surface area contributed by atoms with Crippen molar-refractivity contribution in [3.63, 3.8) is 0 Å². The third kappa shape index (κ3) is 3.80. The van der Waals surface area contributed by atoms with Crippen LogP contribution in [0.3, 0.4) is 0 Å². The number of hydrogen-bond donors (Lipinski definition) is 1. The summed E-state index contributed by atoms with van der Waals surface area (Å²) in [5, 5.41) is 9.00. The normalized spacial score (nSPS) is 30.5. The van der Waals surface area contributed by atoms with Crippen molar-refractivity contribution in [1.82, 2.24) is 0 Å². The summed E-state index contributed by atoms with van der Waals surface area (Å²) in [6.45, 7) is 4.36. The molecule has 4 nitrogen and oxygen atoms in total. The van der Waals surface area contributed by atoms with Crippen molar-refractivity contribution in [3.05, 3.63) is 0 Å². The van der Waals surface area contributed by atoms with E-state index < -0.39 is 0 Å². The summed E-state index contributed by atoms with van der Waals surface area (Å²) in [5.74, 6) is 0.211. The topological polar surface area (TPSA) is 55.8 Å². The lowest BCUT2D eigenvalue weighted by Crippen LogP contribution is -2.19. The highest BCUT2D eigenvalue weighted by molar-refractivity contribution is 5.69. The van der Waals surface area contributed by atoms with Gasteiger partial charge in [0.1, 0.15) is 0 Å². The lowest BCUT2D eigenvalue weighted by molar-refractivity contribution is -0.143. The fraction of sp³-hybridized carbons (Fsp3) is 0.909. The Morgan fingerprint density at radius 3 is 2.87 bits per heavy atom. The largest absolute Gasteiger partial charge is 0.466 e. The molecule has 0 spiro atoms. The average molecular weight is 216 g/mol. The van der Waals surface area contributed by atoms with Crippen LogP contribution < -0.4 is 0 Å². The molecule has 0 aromatic rings. The van der Waals surface area contributed by atoms with Gasteiger partial charge < -0.3 is 14.6 Å². The zero-order valence-corrected chi connectivity index (χ0v) is 9.44. The molecule has 1 aliphatic rings. The van der Waals surface area contributed by atoms with Crippen molar-refractivity contribution in [2.24, 2.45) is 5.92 Å². The van der Waals surface area contributed by atoms with E-state index in [1.165, 1.54) is 0 Å². The third-order valence-corrected chi connectivity index (χ3v) is 2.79.